The predicted molar refractivity (Wildman–Crippen MR) is 180 cm³/mol. The number of aliphatic hydroxyl groups is 2. The molecule has 232 valence electrons. The molecule has 0 radical (unpaired) electrons. The SMILES string of the molecule is CCCC[Si](C)(C)O[Si](C)(C)O[Si](O[Si](C)(C)CCCOCC(CC)(CO)CO)(c1ccccc1)c1ccccc1. The number of benzene rings is 2. The monoisotopic (exact) mass is 636 g/mol. The molecule has 0 amide bonds. The van der Waals surface area contributed by atoms with Crippen LogP contribution < -0.4 is 10.4 Å². The van der Waals surface area contributed by atoms with Gasteiger partial charge in [0, 0.05) is 12.0 Å². The molecular weight excluding hydrogens is 581 g/mol. The molecule has 2 rings (SSSR count). The minimum Gasteiger partial charge on any atom is -0.436 e. The fourth-order valence-electron chi connectivity index (χ4n) is 5.22. The summed E-state index contributed by atoms with van der Waals surface area (Å²) in [6, 6.07) is 23.1. The van der Waals surface area contributed by atoms with E-state index < -0.39 is 39.2 Å². The maximum Gasteiger partial charge on any atom is 0.388 e. The third-order valence-corrected chi connectivity index (χ3v) is 23.6. The lowest BCUT2D eigenvalue weighted by Crippen LogP contribution is -2.71. The summed E-state index contributed by atoms with van der Waals surface area (Å²) in [4.78, 5) is 0. The highest BCUT2D eigenvalue weighted by Crippen LogP contribution is 2.28. The number of ether oxygens (including phenoxy) is 1. The van der Waals surface area contributed by atoms with Crippen molar-refractivity contribution in [3.05, 3.63) is 60.7 Å². The van der Waals surface area contributed by atoms with Gasteiger partial charge >= 0.3 is 17.1 Å². The molecule has 2 aromatic carbocycles. The minimum atomic E-state index is -3.15. The van der Waals surface area contributed by atoms with Crippen molar-refractivity contribution in [1.29, 1.82) is 0 Å². The van der Waals surface area contributed by atoms with E-state index in [9.17, 15) is 10.2 Å². The van der Waals surface area contributed by atoms with Crippen LogP contribution in [0.4, 0.5) is 0 Å². The van der Waals surface area contributed by atoms with Crippen LogP contribution in [-0.2, 0) is 17.1 Å². The van der Waals surface area contributed by atoms with E-state index in [4.69, 9.17) is 17.1 Å². The molecule has 0 spiro atoms. The molecule has 0 aliphatic heterocycles. The van der Waals surface area contributed by atoms with Crippen LogP contribution in [0.2, 0.25) is 51.4 Å². The van der Waals surface area contributed by atoms with Crippen LogP contribution in [0.25, 0.3) is 0 Å². The van der Waals surface area contributed by atoms with Gasteiger partial charge in [0.05, 0.1) is 19.8 Å². The molecule has 0 aliphatic carbocycles. The quantitative estimate of drug-likeness (QED) is 0.137. The molecule has 41 heavy (non-hydrogen) atoms. The van der Waals surface area contributed by atoms with E-state index in [-0.39, 0.29) is 13.2 Å². The Labute approximate surface area is 254 Å². The average molecular weight is 637 g/mol. The molecule has 0 aromatic heterocycles. The predicted octanol–water partition coefficient (Wildman–Crippen LogP) is 5.99. The first-order valence-electron chi connectivity index (χ1n) is 15.3. The molecule has 0 unspecified atom stereocenters. The first-order valence-corrected chi connectivity index (χ1v) is 26.2. The molecule has 6 nitrogen and oxygen atoms in total. The van der Waals surface area contributed by atoms with Crippen molar-refractivity contribution in [2.75, 3.05) is 26.4 Å². The van der Waals surface area contributed by atoms with Crippen LogP contribution in [0.1, 0.15) is 39.5 Å². The zero-order valence-corrected chi connectivity index (χ0v) is 30.9. The van der Waals surface area contributed by atoms with Gasteiger partial charge in [-0.3, -0.25) is 0 Å². The molecule has 2 N–H and O–H groups in total. The summed E-state index contributed by atoms with van der Waals surface area (Å²) in [5.74, 6) is 0. The first kappa shape index (κ1) is 36.3. The Balaban J connectivity index is 2.36. The summed E-state index contributed by atoms with van der Waals surface area (Å²) in [5, 5.41) is 21.7. The van der Waals surface area contributed by atoms with E-state index in [1.165, 1.54) is 12.8 Å². The van der Waals surface area contributed by atoms with Crippen molar-refractivity contribution in [3.63, 3.8) is 0 Å². The fraction of sp³-hybridized carbons (Fsp3) is 0.613. The Morgan fingerprint density at radius 1 is 0.659 bits per heavy atom. The fourth-order valence-corrected chi connectivity index (χ4v) is 24.0. The minimum absolute atomic E-state index is 0.0805. The van der Waals surface area contributed by atoms with Gasteiger partial charge in [0.2, 0.25) is 0 Å². The number of rotatable bonds is 20. The highest BCUT2D eigenvalue weighted by Gasteiger charge is 2.52. The Bertz CT molecular complexity index is 952. The molecule has 0 saturated heterocycles. The van der Waals surface area contributed by atoms with Gasteiger partial charge in [0.1, 0.15) is 0 Å². The number of unbranched alkanes of at least 4 members (excludes halogenated alkanes) is 1. The van der Waals surface area contributed by atoms with Gasteiger partial charge in [0.25, 0.3) is 0 Å². The average Bonchev–Trinajstić information content (AvgIpc) is 2.94. The summed E-state index contributed by atoms with van der Waals surface area (Å²) >= 11 is 0. The molecule has 2 aromatic rings. The molecular formula is C31H56O6Si4. The normalized spacial score (nSPS) is 13.5. The Hall–Kier alpha value is -0.932. The van der Waals surface area contributed by atoms with E-state index in [2.05, 4.69) is 94.7 Å². The van der Waals surface area contributed by atoms with Gasteiger partial charge in [-0.1, -0.05) is 87.4 Å². The van der Waals surface area contributed by atoms with Crippen molar-refractivity contribution < 1.29 is 27.3 Å². The number of hydrogen-bond donors (Lipinski definition) is 2. The van der Waals surface area contributed by atoms with Gasteiger partial charge in [-0.15, -0.1) is 0 Å². The highest BCUT2D eigenvalue weighted by molar-refractivity contribution is 7.02. The second kappa shape index (κ2) is 16.2. The second-order valence-electron chi connectivity index (χ2n) is 13.0. The summed E-state index contributed by atoms with van der Waals surface area (Å²) < 4.78 is 27.7. The zero-order valence-electron chi connectivity index (χ0n) is 26.9. The Morgan fingerprint density at radius 3 is 1.61 bits per heavy atom. The lowest BCUT2D eigenvalue weighted by molar-refractivity contribution is -0.0297. The number of hydrogen-bond acceptors (Lipinski definition) is 6. The third kappa shape index (κ3) is 11.3. The van der Waals surface area contributed by atoms with Gasteiger partial charge in [-0.2, -0.15) is 0 Å². The largest absolute Gasteiger partial charge is 0.436 e. The second-order valence-corrected chi connectivity index (χ2v) is 28.7. The van der Waals surface area contributed by atoms with Crippen molar-refractivity contribution >= 4 is 44.1 Å². The highest BCUT2D eigenvalue weighted by atomic mass is 28.5. The van der Waals surface area contributed by atoms with Crippen molar-refractivity contribution in [3.8, 4) is 0 Å². The first-order chi connectivity index (χ1) is 19.3. The van der Waals surface area contributed by atoms with Gasteiger partial charge in [-0.25, -0.2) is 0 Å². The van der Waals surface area contributed by atoms with E-state index in [1.54, 1.807) is 0 Å². The molecule has 0 aliphatic rings. The van der Waals surface area contributed by atoms with Crippen LogP contribution >= 0.6 is 0 Å². The lowest BCUT2D eigenvalue weighted by atomic mass is 9.88. The summed E-state index contributed by atoms with van der Waals surface area (Å²) in [6.07, 6.45) is 3.86. The van der Waals surface area contributed by atoms with Crippen molar-refractivity contribution in [2.45, 2.75) is 90.9 Å². The molecule has 10 heteroatoms. The lowest BCUT2D eigenvalue weighted by Gasteiger charge is -2.44. The standard InChI is InChI=1S/C31H56O6Si4/c1-9-11-24-38(3,4)35-40(7,8)37-41(29-19-14-12-15-20-29,30-21-16-13-17-22-30)36-39(5,6)25-18-23-34-28-31(10-2,26-32)27-33/h12-17,19-22,32-33H,9-11,18,23-28H2,1-8H3. The number of aliphatic hydroxyl groups excluding tert-OH is 2. The molecule has 0 atom stereocenters. The van der Waals surface area contributed by atoms with Crippen LogP contribution in [-0.4, -0.2) is 70.4 Å². The molecule has 0 saturated carbocycles. The molecule has 0 heterocycles. The van der Waals surface area contributed by atoms with Crippen LogP contribution in [0.15, 0.2) is 60.7 Å². The summed E-state index contributed by atoms with van der Waals surface area (Å²) in [5.41, 5.74) is -0.579. The van der Waals surface area contributed by atoms with Crippen LogP contribution in [0.3, 0.4) is 0 Å². The zero-order chi connectivity index (χ0) is 30.6. The van der Waals surface area contributed by atoms with Gasteiger partial charge in [0.15, 0.2) is 16.6 Å². The van der Waals surface area contributed by atoms with Gasteiger partial charge in [-0.05, 0) is 74.6 Å². The van der Waals surface area contributed by atoms with Crippen LogP contribution in [0.5, 0.6) is 0 Å². The summed E-state index contributed by atoms with van der Waals surface area (Å²) in [7, 11) is -9.95. The topological polar surface area (TPSA) is 77.4 Å². The van der Waals surface area contributed by atoms with Crippen molar-refractivity contribution in [1.82, 2.24) is 0 Å². The van der Waals surface area contributed by atoms with E-state index in [1.807, 2.05) is 19.1 Å². The molecule has 0 fully saturated rings. The maximum absolute atomic E-state index is 9.75. The summed E-state index contributed by atoms with van der Waals surface area (Å²) in [6.45, 7) is 18.5. The smallest absolute Gasteiger partial charge is 0.388 e. The van der Waals surface area contributed by atoms with Crippen molar-refractivity contribution in [2.24, 2.45) is 5.41 Å². The van der Waals surface area contributed by atoms with Crippen LogP contribution in [0, 0.1) is 5.41 Å². The van der Waals surface area contributed by atoms with Gasteiger partial charge < -0.3 is 27.3 Å². The van der Waals surface area contributed by atoms with E-state index >= 15 is 0 Å². The van der Waals surface area contributed by atoms with E-state index in [0.717, 1.165) is 28.9 Å². The molecule has 0 bridgehead atoms. The Morgan fingerprint density at radius 2 is 1.15 bits per heavy atom. The van der Waals surface area contributed by atoms with E-state index in [0.29, 0.717) is 19.6 Å². The maximum atomic E-state index is 9.75. The third-order valence-electron chi connectivity index (χ3n) is 7.67. The Kier molecular flexibility index (Phi) is 14.4.